The number of aryl methyl sites for hydroxylation is 1. The molecule has 0 aliphatic rings. The average molecular weight is 225 g/mol. The molecule has 1 aromatic rings. The average Bonchev–Trinajstić information content (AvgIpc) is 2.26. The number of benzene rings is 1. The number of nitrogens with one attached hydrogen (secondary N) is 1. The number of methoxy groups -OCH3 is 2. The maximum Gasteiger partial charge on any atom is 0.404 e. The SMILES string of the molecule is COc1cc(C)c(CNC(=O)O)c(OC)c1. The third kappa shape index (κ3) is 2.79. The molecule has 0 spiro atoms. The minimum Gasteiger partial charge on any atom is -0.497 e. The number of amides is 1. The van der Waals surface area contributed by atoms with Crippen LogP contribution in [0.15, 0.2) is 12.1 Å². The highest BCUT2D eigenvalue weighted by Crippen LogP contribution is 2.28. The Morgan fingerprint density at radius 3 is 2.56 bits per heavy atom. The summed E-state index contributed by atoms with van der Waals surface area (Å²) in [6, 6.07) is 3.56. The van der Waals surface area contributed by atoms with Gasteiger partial charge in [0, 0.05) is 11.6 Å². The summed E-state index contributed by atoms with van der Waals surface area (Å²) < 4.78 is 10.3. The van der Waals surface area contributed by atoms with Crippen LogP contribution in [0.5, 0.6) is 11.5 Å². The van der Waals surface area contributed by atoms with Gasteiger partial charge in [-0.1, -0.05) is 0 Å². The Bertz CT molecular complexity index is 390. The molecule has 0 radical (unpaired) electrons. The number of carboxylic acid groups (broad SMARTS) is 1. The molecule has 1 rings (SSSR count). The van der Waals surface area contributed by atoms with Gasteiger partial charge in [0.25, 0.3) is 0 Å². The van der Waals surface area contributed by atoms with E-state index in [2.05, 4.69) is 5.32 Å². The van der Waals surface area contributed by atoms with Gasteiger partial charge in [0.1, 0.15) is 11.5 Å². The first-order chi connectivity index (χ1) is 7.58. The lowest BCUT2D eigenvalue weighted by Crippen LogP contribution is -2.20. The number of hydrogen-bond acceptors (Lipinski definition) is 3. The summed E-state index contributed by atoms with van der Waals surface area (Å²) in [6.45, 7) is 2.10. The first-order valence-corrected chi connectivity index (χ1v) is 4.76. The predicted molar refractivity (Wildman–Crippen MR) is 59.1 cm³/mol. The quantitative estimate of drug-likeness (QED) is 0.819. The highest BCUT2D eigenvalue weighted by Gasteiger charge is 2.10. The second-order valence-corrected chi connectivity index (χ2v) is 3.28. The molecule has 0 aliphatic carbocycles. The zero-order valence-electron chi connectivity index (χ0n) is 9.53. The van der Waals surface area contributed by atoms with E-state index < -0.39 is 6.09 Å². The first-order valence-electron chi connectivity index (χ1n) is 4.76. The lowest BCUT2D eigenvalue weighted by Gasteiger charge is -2.13. The molecule has 0 aliphatic heterocycles. The Morgan fingerprint density at radius 1 is 1.38 bits per heavy atom. The van der Waals surface area contributed by atoms with Gasteiger partial charge in [-0.15, -0.1) is 0 Å². The third-order valence-corrected chi connectivity index (χ3v) is 2.28. The lowest BCUT2D eigenvalue weighted by molar-refractivity contribution is 0.194. The summed E-state index contributed by atoms with van der Waals surface area (Å²) in [5.41, 5.74) is 1.73. The van der Waals surface area contributed by atoms with Crippen molar-refractivity contribution in [2.45, 2.75) is 13.5 Å². The molecule has 0 heterocycles. The van der Waals surface area contributed by atoms with Crippen molar-refractivity contribution in [2.24, 2.45) is 0 Å². The normalized spacial score (nSPS) is 9.69. The minimum absolute atomic E-state index is 0.217. The van der Waals surface area contributed by atoms with Crippen LogP contribution in [-0.4, -0.2) is 25.4 Å². The van der Waals surface area contributed by atoms with Crippen LogP contribution in [0.4, 0.5) is 4.79 Å². The van der Waals surface area contributed by atoms with Crippen molar-refractivity contribution in [1.82, 2.24) is 5.32 Å². The topological polar surface area (TPSA) is 67.8 Å². The van der Waals surface area contributed by atoms with Gasteiger partial charge in [-0.3, -0.25) is 0 Å². The molecule has 5 heteroatoms. The number of hydrogen-bond donors (Lipinski definition) is 2. The Morgan fingerprint density at radius 2 is 2.06 bits per heavy atom. The largest absolute Gasteiger partial charge is 0.497 e. The van der Waals surface area contributed by atoms with Crippen LogP contribution in [0.1, 0.15) is 11.1 Å². The van der Waals surface area contributed by atoms with E-state index >= 15 is 0 Å². The monoisotopic (exact) mass is 225 g/mol. The molecule has 0 fully saturated rings. The molecule has 0 aromatic heterocycles. The third-order valence-electron chi connectivity index (χ3n) is 2.28. The van der Waals surface area contributed by atoms with E-state index in [1.54, 1.807) is 20.3 Å². The molecule has 88 valence electrons. The molecular weight excluding hydrogens is 210 g/mol. The van der Waals surface area contributed by atoms with E-state index in [0.29, 0.717) is 11.5 Å². The van der Waals surface area contributed by atoms with Crippen LogP contribution < -0.4 is 14.8 Å². The van der Waals surface area contributed by atoms with Gasteiger partial charge in [-0.25, -0.2) is 4.79 Å². The van der Waals surface area contributed by atoms with Gasteiger partial charge >= 0.3 is 6.09 Å². The van der Waals surface area contributed by atoms with Crippen LogP contribution in [0.25, 0.3) is 0 Å². The van der Waals surface area contributed by atoms with Gasteiger partial charge < -0.3 is 19.9 Å². The molecular formula is C11H15NO4. The van der Waals surface area contributed by atoms with Gasteiger partial charge in [0.05, 0.1) is 20.8 Å². The lowest BCUT2D eigenvalue weighted by atomic mass is 10.1. The van der Waals surface area contributed by atoms with E-state index in [9.17, 15) is 4.79 Å². The van der Waals surface area contributed by atoms with E-state index in [1.807, 2.05) is 13.0 Å². The van der Waals surface area contributed by atoms with Gasteiger partial charge in [-0.2, -0.15) is 0 Å². The van der Waals surface area contributed by atoms with Crippen molar-refractivity contribution >= 4 is 6.09 Å². The summed E-state index contributed by atoms with van der Waals surface area (Å²) in [5.74, 6) is 1.30. The molecule has 16 heavy (non-hydrogen) atoms. The maximum atomic E-state index is 10.4. The van der Waals surface area contributed by atoms with Gasteiger partial charge in [0.15, 0.2) is 0 Å². The van der Waals surface area contributed by atoms with Crippen molar-refractivity contribution in [3.8, 4) is 11.5 Å². The summed E-state index contributed by atoms with van der Waals surface area (Å²) >= 11 is 0. The van der Waals surface area contributed by atoms with Crippen LogP contribution in [-0.2, 0) is 6.54 Å². The number of carbonyl (C=O) groups is 1. The second-order valence-electron chi connectivity index (χ2n) is 3.28. The zero-order valence-corrected chi connectivity index (χ0v) is 9.53. The fourth-order valence-electron chi connectivity index (χ4n) is 1.44. The number of rotatable bonds is 4. The molecule has 0 unspecified atom stereocenters. The molecule has 1 amide bonds. The second kappa shape index (κ2) is 5.25. The fourth-order valence-corrected chi connectivity index (χ4v) is 1.44. The Hall–Kier alpha value is -1.91. The first kappa shape index (κ1) is 12.2. The van der Waals surface area contributed by atoms with Crippen LogP contribution in [0.3, 0.4) is 0 Å². The smallest absolute Gasteiger partial charge is 0.404 e. The highest BCUT2D eigenvalue weighted by molar-refractivity contribution is 5.64. The Kier molecular flexibility index (Phi) is 3.99. The zero-order chi connectivity index (χ0) is 12.1. The molecule has 0 atom stereocenters. The van der Waals surface area contributed by atoms with Crippen LogP contribution in [0, 0.1) is 6.92 Å². The molecule has 0 saturated heterocycles. The van der Waals surface area contributed by atoms with Crippen molar-refractivity contribution in [2.75, 3.05) is 14.2 Å². The summed E-state index contributed by atoms with van der Waals surface area (Å²) in [7, 11) is 3.11. The summed E-state index contributed by atoms with van der Waals surface area (Å²) in [5, 5.41) is 10.9. The van der Waals surface area contributed by atoms with E-state index in [1.165, 1.54) is 0 Å². The fraction of sp³-hybridized carbons (Fsp3) is 0.364. The number of ether oxygens (including phenoxy) is 2. The van der Waals surface area contributed by atoms with Crippen molar-refractivity contribution in [3.05, 3.63) is 23.3 Å². The molecule has 5 nitrogen and oxygen atoms in total. The highest BCUT2D eigenvalue weighted by atomic mass is 16.5. The van der Waals surface area contributed by atoms with Crippen molar-refractivity contribution in [1.29, 1.82) is 0 Å². The summed E-state index contributed by atoms with van der Waals surface area (Å²) in [4.78, 5) is 10.4. The Labute approximate surface area is 94.0 Å². The van der Waals surface area contributed by atoms with E-state index in [4.69, 9.17) is 14.6 Å². The predicted octanol–water partition coefficient (Wildman–Crippen LogP) is 1.78. The van der Waals surface area contributed by atoms with Crippen molar-refractivity contribution < 1.29 is 19.4 Å². The molecule has 0 bridgehead atoms. The van der Waals surface area contributed by atoms with E-state index in [0.717, 1.165) is 11.1 Å². The molecule has 1 aromatic carbocycles. The van der Waals surface area contributed by atoms with Crippen LogP contribution in [0.2, 0.25) is 0 Å². The van der Waals surface area contributed by atoms with Crippen molar-refractivity contribution in [3.63, 3.8) is 0 Å². The van der Waals surface area contributed by atoms with Gasteiger partial charge in [0.2, 0.25) is 0 Å². The van der Waals surface area contributed by atoms with E-state index in [-0.39, 0.29) is 6.54 Å². The van der Waals surface area contributed by atoms with Crippen LogP contribution >= 0.6 is 0 Å². The van der Waals surface area contributed by atoms with Gasteiger partial charge in [-0.05, 0) is 18.6 Å². The minimum atomic E-state index is -1.06. The summed E-state index contributed by atoms with van der Waals surface area (Å²) in [6.07, 6.45) is -1.06. The Balaban J connectivity index is 3.01. The molecule has 2 N–H and O–H groups in total. The standard InChI is InChI=1S/C11H15NO4/c1-7-4-8(15-2)5-10(16-3)9(7)6-12-11(13)14/h4-5,12H,6H2,1-3H3,(H,13,14). The molecule has 0 saturated carbocycles. The maximum absolute atomic E-state index is 10.4.